The first-order valence-electron chi connectivity index (χ1n) is 10.2. The van der Waals surface area contributed by atoms with Crippen LogP contribution >= 0.6 is 22.9 Å². The number of fused-ring (bicyclic) bond motifs is 1. The van der Waals surface area contributed by atoms with Crippen molar-refractivity contribution in [3.8, 4) is 22.1 Å². The van der Waals surface area contributed by atoms with Gasteiger partial charge < -0.3 is 14.4 Å². The lowest BCUT2D eigenvalue weighted by Gasteiger charge is -2.34. The molecule has 0 unspecified atom stereocenters. The Balaban J connectivity index is 1.23. The average Bonchev–Trinajstić information content (AvgIpc) is 3.40. The van der Waals surface area contributed by atoms with Crippen LogP contribution in [0.1, 0.15) is 20.9 Å². The molecule has 31 heavy (non-hydrogen) atoms. The van der Waals surface area contributed by atoms with Crippen LogP contribution in [0.3, 0.4) is 0 Å². The molecule has 0 saturated carbocycles. The van der Waals surface area contributed by atoms with Crippen LogP contribution in [0.5, 0.6) is 11.5 Å². The van der Waals surface area contributed by atoms with Crippen molar-refractivity contribution >= 4 is 28.8 Å². The molecule has 160 valence electrons. The summed E-state index contributed by atoms with van der Waals surface area (Å²) in [6.07, 6.45) is 0. The van der Waals surface area contributed by atoms with Crippen LogP contribution in [0.15, 0.2) is 42.5 Å². The van der Waals surface area contributed by atoms with E-state index in [9.17, 15) is 4.79 Å². The van der Waals surface area contributed by atoms with Gasteiger partial charge in [-0.15, -0.1) is 11.3 Å². The fraction of sp³-hybridized carbons (Fsp3) is 0.304. The molecule has 1 fully saturated rings. The minimum Gasteiger partial charge on any atom is -0.454 e. The number of hydrogen-bond acceptors (Lipinski definition) is 6. The van der Waals surface area contributed by atoms with E-state index < -0.39 is 0 Å². The SMILES string of the molecule is Cc1nc(-c2ccccc2Cl)sc1C(=O)N1CCN(Cc2ccc3c(c2)OCO3)CC1. The van der Waals surface area contributed by atoms with E-state index in [-0.39, 0.29) is 12.7 Å². The van der Waals surface area contributed by atoms with Gasteiger partial charge >= 0.3 is 0 Å². The summed E-state index contributed by atoms with van der Waals surface area (Å²) in [7, 11) is 0. The number of aromatic nitrogens is 1. The fourth-order valence-corrected chi connectivity index (χ4v) is 5.25. The lowest BCUT2D eigenvalue weighted by atomic mass is 10.1. The molecule has 2 aliphatic rings. The Morgan fingerprint density at radius 3 is 2.68 bits per heavy atom. The van der Waals surface area contributed by atoms with E-state index in [0.29, 0.717) is 23.0 Å². The van der Waals surface area contributed by atoms with E-state index in [4.69, 9.17) is 21.1 Å². The number of carbonyl (C=O) groups is 1. The van der Waals surface area contributed by atoms with Gasteiger partial charge in [0.25, 0.3) is 5.91 Å². The van der Waals surface area contributed by atoms with Crippen LogP contribution in [0.4, 0.5) is 0 Å². The van der Waals surface area contributed by atoms with Gasteiger partial charge in [-0.05, 0) is 30.7 Å². The quantitative estimate of drug-likeness (QED) is 0.581. The highest BCUT2D eigenvalue weighted by Crippen LogP contribution is 2.34. The topological polar surface area (TPSA) is 54.9 Å². The Bertz CT molecular complexity index is 1130. The number of ether oxygens (including phenoxy) is 2. The molecule has 2 aromatic carbocycles. The number of hydrogen-bond donors (Lipinski definition) is 0. The van der Waals surface area contributed by atoms with Crippen molar-refractivity contribution < 1.29 is 14.3 Å². The van der Waals surface area contributed by atoms with Gasteiger partial charge in [0, 0.05) is 38.3 Å². The maximum Gasteiger partial charge on any atom is 0.265 e. The number of rotatable bonds is 4. The summed E-state index contributed by atoms with van der Waals surface area (Å²) in [6, 6.07) is 13.7. The van der Waals surface area contributed by atoms with Crippen molar-refractivity contribution in [2.75, 3.05) is 33.0 Å². The highest BCUT2D eigenvalue weighted by molar-refractivity contribution is 7.17. The number of amides is 1. The maximum atomic E-state index is 13.2. The molecule has 8 heteroatoms. The van der Waals surface area contributed by atoms with E-state index in [1.54, 1.807) is 0 Å². The summed E-state index contributed by atoms with van der Waals surface area (Å²) in [5, 5.41) is 1.43. The summed E-state index contributed by atoms with van der Waals surface area (Å²) in [4.78, 5) is 22.7. The predicted molar refractivity (Wildman–Crippen MR) is 121 cm³/mol. The van der Waals surface area contributed by atoms with Crippen LogP contribution < -0.4 is 9.47 Å². The van der Waals surface area contributed by atoms with Crippen LogP contribution in [-0.4, -0.2) is 53.7 Å². The van der Waals surface area contributed by atoms with E-state index in [1.807, 2.05) is 48.2 Å². The van der Waals surface area contributed by atoms with Crippen molar-refractivity contribution in [1.82, 2.24) is 14.8 Å². The summed E-state index contributed by atoms with van der Waals surface area (Å²) < 4.78 is 10.9. The first-order chi connectivity index (χ1) is 15.1. The molecular weight excluding hydrogens is 434 g/mol. The average molecular weight is 456 g/mol. The van der Waals surface area contributed by atoms with Gasteiger partial charge in [-0.1, -0.05) is 35.9 Å². The molecule has 5 rings (SSSR count). The number of piperazine rings is 1. The standard InChI is InChI=1S/C23H22ClN3O3S/c1-15-21(31-22(25-15)17-4-2-3-5-18(17)24)23(28)27-10-8-26(9-11-27)13-16-6-7-19-20(12-16)30-14-29-19/h2-7,12H,8-11,13-14H2,1H3. The van der Waals surface area contributed by atoms with Crippen LogP contribution in [0.2, 0.25) is 5.02 Å². The molecular formula is C23H22ClN3O3S. The zero-order valence-electron chi connectivity index (χ0n) is 17.1. The molecule has 3 aromatic rings. The number of aryl methyl sites for hydroxylation is 1. The number of carbonyl (C=O) groups excluding carboxylic acids is 1. The molecule has 0 bridgehead atoms. The third kappa shape index (κ3) is 4.13. The van der Waals surface area contributed by atoms with Gasteiger partial charge in [-0.25, -0.2) is 4.98 Å². The molecule has 0 N–H and O–H groups in total. The molecule has 0 aliphatic carbocycles. The van der Waals surface area contributed by atoms with E-state index >= 15 is 0 Å². The van der Waals surface area contributed by atoms with Gasteiger partial charge in [0.1, 0.15) is 9.88 Å². The van der Waals surface area contributed by atoms with Gasteiger partial charge in [0.05, 0.1) is 10.7 Å². The minimum atomic E-state index is 0.0519. The molecule has 2 aliphatic heterocycles. The summed E-state index contributed by atoms with van der Waals surface area (Å²) in [5.41, 5.74) is 2.81. The Kier molecular flexibility index (Phi) is 5.56. The Hall–Kier alpha value is -2.61. The molecule has 6 nitrogen and oxygen atoms in total. The second-order valence-electron chi connectivity index (χ2n) is 7.67. The Labute approximate surface area is 190 Å². The fourth-order valence-electron chi connectivity index (χ4n) is 3.89. The third-order valence-corrected chi connectivity index (χ3v) is 7.11. The first-order valence-corrected chi connectivity index (χ1v) is 11.4. The number of thiazole rings is 1. The summed E-state index contributed by atoms with van der Waals surface area (Å²) in [5.74, 6) is 1.66. The molecule has 0 radical (unpaired) electrons. The lowest BCUT2D eigenvalue weighted by molar-refractivity contribution is 0.0632. The van der Waals surface area contributed by atoms with Crippen molar-refractivity contribution in [3.05, 3.63) is 63.6 Å². The maximum absolute atomic E-state index is 13.2. The van der Waals surface area contributed by atoms with Crippen LogP contribution in [0, 0.1) is 6.92 Å². The monoisotopic (exact) mass is 455 g/mol. The largest absolute Gasteiger partial charge is 0.454 e. The smallest absolute Gasteiger partial charge is 0.265 e. The molecule has 0 atom stereocenters. The van der Waals surface area contributed by atoms with Crippen molar-refractivity contribution in [3.63, 3.8) is 0 Å². The van der Waals surface area contributed by atoms with Crippen molar-refractivity contribution in [2.24, 2.45) is 0 Å². The van der Waals surface area contributed by atoms with Crippen molar-refractivity contribution in [2.45, 2.75) is 13.5 Å². The van der Waals surface area contributed by atoms with E-state index in [2.05, 4.69) is 16.0 Å². The molecule has 1 amide bonds. The number of halogens is 1. The van der Waals surface area contributed by atoms with Gasteiger partial charge in [0.2, 0.25) is 6.79 Å². The van der Waals surface area contributed by atoms with Gasteiger partial charge in [-0.2, -0.15) is 0 Å². The minimum absolute atomic E-state index is 0.0519. The Morgan fingerprint density at radius 1 is 1.10 bits per heavy atom. The van der Waals surface area contributed by atoms with E-state index in [1.165, 1.54) is 16.9 Å². The second kappa shape index (κ2) is 8.49. The highest BCUT2D eigenvalue weighted by Gasteiger charge is 2.26. The zero-order valence-corrected chi connectivity index (χ0v) is 18.7. The molecule has 1 aromatic heterocycles. The van der Waals surface area contributed by atoms with E-state index in [0.717, 1.165) is 47.4 Å². The van der Waals surface area contributed by atoms with Crippen molar-refractivity contribution in [1.29, 1.82) is 0 Å². The zero-order chi connectivity index (χ0) is 21.4. The summed E-state index contributed by atoms with van der Waals surface area (Å²) in [6.45, 7) is 6.05. The summed E-state index contributed by atoms with van der Waals surface area (Å²) >= 11 is 7.73. The highest BCUT2D eigenvalue weighted by atomic mass is 35.5. The lowest BCUT2D eigenvalue weighted by Crippen LogP contribution is -2.48. The predicted octanol–water partition coefficient (Wildman–Crippen LogP) is 4.46. The first kappa shape index (κ1) is 20.3. The Morgan fingerprint density at radius 2 is 1.87 bits per heavy atom. The number of benzene rings is 2. The molecule has 0 spiro atoms. The normalized spacial score (nSPS) is 16.0. The van der Waals surface area contributed by atoms with Gasteiger partial charge in [-0.3, -0.25) is 9.69 Å². The third-order valence-electron chi connectivity index (χ3n) is 5.60. The second-order valence-corrected chi connectivity index (χ2v) is 9.08. The van der Waals surface area contributed by atoms with Gasteiger partial charge in [0.15, 0.2) is 11.5 Å². The van der Waals surface area contributed by atoms with Crippen LogP contribution in [0.25, 0.3) is 10.6 Å². The molecule has 3 heterocycles. The molecule has 1 saturated heterocycles. The number of nitrogens with zero attached hydrogens (tertiary/aromatic N) is 3. The van der Waals surface area contributed by atoms with Crippen LogP contribution in [-0.2, 0) is 6.54 Å².